The second-order valence-corrected chi connectivity index (χ2v) is 35.7. The number of anilines is 7. The minimum atomic E-state index is -5.01. The van der Waals surface area contributed by atoms with Crippen LogP contribution in [0.4, 0.5) is 40.9 Å². The summed E-state index contributed by atoms with van der Waals surface area (Å²) in [5.41, 5.74) is 45.1. The molecule has 3 aliphatic rings. The summed E-state index contributed by atoms with van der Waals surface area (Å²) in [5, 5.41) is 39.5. The van der Waals surface area contributed by atoms with Crippen LogP contribution in [-0.2, 0) is 126 Å². The average Bonchev–Trinajstić information content (AvgIpc) is 1.61. The van der Waals surface area contributed by atoms with Crippen LogP contribution in [0.3, 0.4) is 0 Å². The topological polar surface area (TPSA) is 954 Å². The van der Waals surface area contributed by atoms with Gasteiger partial charge in [0.1, 0.15) is 146 Å². The molecule has 0 amide bonds. The van der Waals surface area contributed by atoms with Gasteiger partial charge in [-0.2, -0.15) is 4.98 Å². The van der Waals surface area contributed by atoms with E-state index in [2.05, 4.69) is 105 Å². The number of nitrogens with two attached hydrogens (primary N) is 7. The Labute approximate surface area is 776 Å². The summed E-state index contributed by atoms with van der Waals surface area (Å²) in [5.74, 6) is -0.638. The number of carbonyl (C=O) groups excluding carboxylic acids is 1. The second kappa shape index (κ2) is 46.2. The monoisotopic (exact) mass is 2050 g/mol. The fraction of sp³-hybridized carbons (Fsp3) is 0.403. The largest absolute Gasteiger partial charge is 0.527 e. The van der Waals surface area contributed by atoms with Crippen LogP contribution in [0.1, 0.15) is 12.5 Å². The lowest BCUT2D eigenvalue weighted by molar-refractivity contribution is -0.136. The number of imidazole rings is 7. The standard InChI is InChI=1S/C25H30N10O14P2.C18H24N10O9P2.C8H12N5O4P.C8H11N5O3.C8H11N5O2/c1-42-18-13(48-25(37)19(18)43-2)6-46-51(40,41)45-5-12-17(16(36)24(47-12)35-10-32-14-20(26)28-8-31-23(14)35)49-50(38,39)11-44-4-3-34-9-33-22-15(34)21(27)29-7-30-22;19-14-10-17(24-5-21-14)28(7-25-10)18-12(29)13(9(36-18)3-35-38(30)31)37-39(32,33)8-34-2-1-27-6-26-16-11(27)15(20)22-4-23-16;9-7-6-8(11-3-10-7)12-4-13(6)1-2-17-5-18(14,15)16;9-8-11-6-5(7(15)12-8)13(3-10-6)4-16-2-1-14;9-7-6-8(11-3-10-7)12-4-13(6)5-15-2-1-14/h6-10,12,16-17,24,36H,3-5,11H2,1-2H3,(H,38,39)(H,40,41)(H2,26,28,31)(H2,27,29,30);4-7,9,12-13,18,29-31H,1-3,8H2,(H,32,33)(H2,19,21,24)(H2,20,22,23);3-4H,1-2,5H2,(H2,9,10,11)(H2,14,15,16);3,14H,1-2,4H2,(H3,9,11,12,15);3-4,14H,1-2,5H2,(H2,9,10,11)/b13-6-;;;;/t12-,16?,17+,24-;9-,12?,13+,18-;;;/m11.../s1. The molecule has 0 radical (unpaired) electrons. The Hall–Kier alpha value is -12.9. The van der Waals surface area contributed by atoms with Gasteiger partial charge in [0.2, 0.25) is 17.5 Å². The Morgan fingerprint density at radius 1 is 0.460 bits per heavy atom. The van der Waals surface area contributed by atoms with Gasteiger partial charge in [-0.05, 0) is 0 Å². The van der Waals surface area contributed by atoms with Crippen molar-refractivity contribution in [2.75, 3.05) is 133 Å². The van der Waals surface area contributed by atoms with Crippen LogP contribution in [0, 0.1) is 0 Å². The number of carbonyl (C=O) groups is 1. The number of H-pyrrole nitrogens is 1. The number of esters is 1. The quantitative estimate of drug-likeness (QED) is 0.00759. The molecule has 72 heteroatoms. The van der Waals surface area contributed by atoms with Gasteiger partial charge in [0.15, 0.2) is 92.4 Å². The van der Waals surface area contributed by atoms with Crippen LogP contribution in [0.5, 0.6) is 0 Å². The number of phosphoric ester groups is 1. The molecule has 0 saturated carbocycles. The average molecular weight is 2050 g/mol. The molecule has 14 aromatic rings. The predicted molar refractivity (Wildman–Crippen MR) is 470 cm³/mol. The molecule has 139 heavy (non-hydrogen) atoms. The van der Waals surface area contributed by atoms with Crippen molar-refractivity contribution in [3.8, 4) is 0 Å². The number of fused-ring (bicyclic) bond motifs is 7. The van der Waals surface area contributed by atoms with Gasteiger partial charge in [0.05, 0.1) is 118 Å². The normalized spacial score (nSPS) is 19.3. The van der Waals surface area contributed by atoms with Gasteiger partial charge in [0, 0.05) is 19.6 Å². The third kappa shape index (κ3) is 25.8. The summed E-state index contributed by atoms with van der Waals surface area (Å²) in [7, 11) is -18.7. The van der Waals surface area contributed by atoms with Crippen molar-refractivity contribution in [3.63, 3.8) is 0 Å². The van der Waals surface area contributed by atoms with Crippen LogP contribution < -0.4 is 45.7 Å². The molecule has 67 nitrogen and oxygen atoms in total. The molecular weight excluding hydrogens is 1960 g/mol. The summed E-state index contributed by atoms with van der Waals surface area (Å²) < 4.78 is 138. The lowest BCUT2D eigenvalue weighted by Crippen LogP contribution is -2.36. The molecule has 2 fully saturated rings. The molecule has 2 saturated heterocycles. The van der Waals surface area contributed by atoms with Crippen molar-refractivity contribution >= 4 is 164 Å². The Bertz CT molecular complexity index is 6940. The predicted octanol–water partition coefficient (Wildman–Crippen LogP) is -3.87. The van der Waals surface area contributed by atoms with Gasteiger partial charge in [0.25, 0.3) is 11.3 Å². The van der Waals surface area contributed by atoms with E-state index in [9.17, 15) is 62.5 Å². The van der Waals surface area contributed by atoms with Gasteiger partial charge in [-0.3, -0.25) is 51.1 Å². The number of phosphoric acid groups is 1. The number of cyclic esters (lactones) is 1. The minimum Gasteiger partial charge on any atom is -0.489 e. The number of aliphatic hydroxyl groups excluding tert-OH is 4. The second-order valence-electron chi connectivity index (χ2n) is 28.4. The van der Waals surface area contributed by atoms with E-state index in [0.29, 0.717) is 74.6 Å². The molecule has 0 spiro atoms. The number of methoxy groups -OCH3 is 2. The Morgan fingerprint density at radius 2 is 0.849 bits per heavy atom. The molecule has 0 aromatic carbocycles. The first-order chi connectivity index (χ1) is 66.5. The highest BCUT2D eigenvalue weighted by molar-refractivity contribution is 7.53. The Balaban J connectivity index is 0.000000161. The van der Waals surface area contributed by atoms with Crippen LogP contribution >= 0.6 is 39.2 Å². The molecular formula is C67H88N35O32P5. The maximum Gasteiger partial charge on any atom is 0.527 e. The number of nitrogens with zero attached hydrogens (tertiary/aromatic N) is 27. The maximum absolute atomic E-state index is 13.2. The highest BCUT2D eigenvalue weighted by atomic mass is 31.2. The number of hydrogen-bond donors (Lipinski definition) is 19. The first-order valence-corrected chi connectivity index (χ1v) is 47.7. The molecule has 17 heterocycles. The van der Waals surface area contributed by atoms with Crippen molar-refractivity contribution in [1.82, 2.24) is 137 Å². The smallest absolute Gasteiger partial charge is 0.489 e. The number of aliphatic hydroxyl groups is 4. The first-order valence-electron chi connectivity index (χ1n) is 39.7. The number of rotatable bonds is 39. The molecule has 14 aromatic heterocycles. The fourth-order valence-electron chi connectivity index (χ4n) is 13.2. The van der Waals surface area contributed by atoms with Gasteiger partial charge >= 0.3 is 45.2 Å². The SMILES string of the molecule is COC1=C(OC)/C(=C/OP(=O)(O)OC[C@H]2O[C@@H](n3cnc4c(N)ncnc43)C(O)[C@H]2OP(=O)(O)COCCn2cnc3ncnc(N)c32)OC1=O.Nc1nc2ncn(COCCO)c2c(=O)[nH]1.Nc1ncnc2c1ncn2[C@@H]1O[C@H](COP(O)O)[C@H](OP(=O)(O)COCCn2cnc3ncnc(N)c32)C1O.Nc1ncnc2ncn(CCOCP(=O)(O)O)c12.Nc1ncnc2ncn(COCCO)c12. The number of nitrogen functional groups attached to an aromatic ring is 7. The van der Waals surface area contributed by atoms with E-state index in [1.165, 1.54) is 97.5 Å². The van der Waals surface area contributed by atoms with E-state index in [1.807, 2.05) is 0 Å². The van der Waals surface area contributed by atoms with Crippen LogP contribution in [0.15, 0.2) is 111 Å². The van der Waals surface area contributed by atoms with E-state index in [4.69, 9.17) is 130 Å². The number of ether oxygens (including phenoxy) is 10. The third-order valence-corrected chi connectivity index (χ3v) is 23.1. The zero-order valence-corrected chi connectivity index (χ0v) is 76.5. The summed E-state index contributed by atoms with van der Waals surface area (Å²) in [6.07, 6.45) is 4.41. The highest BCUT2D eigenvalue weighted by Gasteiger charge is 2.52. The van der Waals surface area contributed by atoms with Crippen LogP contribution in [-0.4, -0.2) is 327 Å². The van der Waals surface area contributed by atoms with Crippen molar-refractivity contribution < 1.29 is 148 Å². The van der Waals surface area contributed by atoms with Crippen molar-refractivity contribution in [3.05, 3.63) is 116 Å². The minimum absolute atomic E-state index is 0.0153. The molecule has 0 aliphatic carbocycles. The molecule has 3 aliphatic heterocycles. The number of aromatic amines is 1. The number of hydrogen-bond acceptors (Lipinski definition) is 54. The Morgan fingerprint density at radius 3 is 1.27 bits per heavy atom. The van der Waals surface area contributed by atoms with E-state index < -0.39 is 132 Å². The lowest BCUT2D eigenvalue weighted by atomic mass is 10.1. The zero-order chi connectivity index (χ0) is 99.6. The van der Waals surface area contributed by atoms with Gasteiger partial charge < -0.3 is 169 Å². The van der Waals surface area contributed by atoms with Crippen molar-refractivity contribution in [1.29, 1.82) is 0 Å². The summed E-state index contributed by atoms with van der Waals surface area (Å²) >= 11 is 0. The molecule has 17 rings (SSSR count). The Kier molecular flexibility index (Phi) is 34.4. The van der Waals surface area contributed by atoms with E-state index >= 15 is 0 Å². The molecule has 748 valence electrons. The molecule has 5 unspecified atom stereocenters. The van der Waals surface area contributed by atoms with E-state index in [0.717, 1.165) is 6.33 Å². The molecule has 26 N–H and O–H groups in total. The van der Waals surface area contributed by atoms with Crippen molar-refractivity contribution in [2.45, 2.75) is 82.2 Å². The summed E-state index contributed by atoms with van der Waals surface area (Å²) in [6.45, 7) is 0.197. The van der Waals surface area contributed by atoms with Crippen LogP contribution in [0.2, 0.25) is 0 Å². The molecule has 11 atom stereocenters. The van der Waals surface area contributed by atoms with Crippen molar-refractivity contribution in [2.24, 2.45) is 0 Å². The first kappa shape index (κ1) is 103. The lowest BCUT2D eigenvalue weighted by Gasteiger charge is -2.24. The molecule has 0 bridgehead atoms. The number of aromatic nitrogens is 28. The van der Waals surface area contributed by atoms with Gasteiger partial charge in [-0.25, -0.2) is 104 Å². The summed E-state index contributed by atoms with van der Waals surface area (Å²) in [6, 6.07) is 0. The van der Waals surface area contributed by atoms with Gasteiger partial charge in [-0.1, -0.05) is 0 Å². The van der Waals surface area contributed by atoms with Crippen LogP contribution in [0.25, 0.3) is 78.1 Å². The highest BCUT2D eigenvalue weighted by Crippen LogP contribution is 2.52. The maximum atomic E-state index is 13.2. The van der Waals surface area contributed by atoms with Gasteiger partial charge in [-0.15, -0.1) is 0 Å². The summed E-state index contributed by atoms with van der Waals surface area (Å²) in [4.78, 5) is 173. The third-order valence-electron chi connectivity index (χ3n) is 19.2. The van der Waals surface area contributed by atoms with E-state index in [-0.39, 0.29) is 147 Å². The van der Waals surface area contributed by atoms with E-state index in [1.54, 1.807) is 24.6 Å². The number of nitrogens with one attached hydrogen (secondary N) is 1. The fourth-order valence-corrected chi connectivity index (χ4v) is 16.6. The zero-order valence-electron chi connectivity index (χ0n) is 72.1.